The molecule has 0 aliphatic carbocycles. The fraction of sp³-hybridized carbons (Fsp3) is 0.694. The molecule has 0 aliphatic heterocycles. The number of carbonyl (C=O) groups excluding carboxylic acids is 3. The van der Waals surface area contributed by atoms with Gasteiger partial charge in [-0.1, -0.05) is 207 Å². The largest absolute Gasteiger partial charge is 0.544 e. The number of carboxylic acid groups (broad SMARTS) is 1. The highest BCUT2D eigenvalue weighted by Crippen LogP contribution is 2.14. The lowest BCUT2D eigenvalue weighted by Gasteiger charge is -2.34. The highest BCUT2D eigenvalue weighted by Gasteiger charge is 2.25. The fourth-order valence-corrected chi connectivity index (χ4v) is 7.87. The number of rotatable bonds is 50. The van der Waals surface area contributed by atoms with Crippen LogP contribution in [0, 0.1) is 0 Å². The minimum absolute atomic E-state index is 0.0236. The Labute approximate surface area is 430 Å². The molecule has 0 saturated heterocycles. The van der Waals surface area contributed by atoms with Gasteiger partial charge in [0.15, 0.2) is 6.10 Å². The van der Waals surface area contributed by atoms with Crippen molar-refractivity contribution >= 4 is 17.9 Å². The van der Waals surface area contributed by atoms with Crippen LogP contribution in [0.2, 0.25) is 0 Å². The van der Waals surface area contributed by atoms with Gasteiger partial charge >= 0.3 is 11.9 Å². The van der Waals surface area contributed by atoms with Crippen molar-refractivity contribution in [1.82, 2.24) is 0 Å². The summed E-state index contributed by atoms with van der Waals surface area (Å²) >= 11 is 0. The fourth-order valence-electron chi connectivity index (χ4n) is 7.87. The third-order valence-electron chi connectivity index (χ3n) is 12.2. The molecule has 0 rings (SSSR count). The van der Waals surface area contributed by atoms with Gasteiger partial charge in [0.2, 0.25) is 0 Å². The Balaban J connectivity index is 4.28. The highest BCUT2D eigenvalue weighted by atomic mass is 16.6. The number of aliphatic carboxylic acids is 1. The molecule has 0 amide bonds. The van der Waals surface area contributed by atoms with Gasteiger partial charge in [0.25, 0.3) is 0 Å². The summed E-state index contributed by atoms with van der Waals surface area (Å²) in [5.74, 6) is -1.78. The summed E-state index contributed by atoms with van der Waals surface area (Å²) in [5.41, 5.74) is 0. The molecule has 70 heavy (non-hydrogen) atoms. The van der Waals surface area contributed by atoms with Crippen molar-refractivity contribution in [2.24, 2.45) is 0 Å². The van der Waals surface area contributed by atoms with Crippen molar-refractivity contribution in [3.05, 3.63) is 97.2 Å². The lowest BCUT2D eigenvalue weighted by atomic mass is 10.1. The Morgan fingerprint density at radius 1 is 0.443 bits per heavy atom. The van der Waals surface area contributed by atoms with Gasteiger partial charge in [0.05, 0.1) is 40.3 Å². The Kier molecular flexibility index (Phi) is 48.8. The van der Waals surface area contributed by atoms with E-state index in [0.717, 1.165) is 109 Å². The molecule has 400 valence electrons. The van der Waals surface area contributed by atoms with Crippen LogP contribution in [0.1, 0.15) is 226 Å². The summed E-state index contributed by atoms with van der Waals surface area (Å²) in [4.78, 5) is 37.1. The molecule has 0 aliphatic rings. The number of allylic oxidation sites excluding steroid dienone is 16. The van der Waals surface area contributed by atoms with Gasteiger partial charge in [-0.25, -0.2) is 0 Å². The van der Waals surface area contributed by atoms with E-state index in [4.69, 9.17) is 14.2 Å². The SMILES string of the molecule is CC/C=C/C/C=C/C/C=C/C/C=C/C/C=C/C/C=C/CCCCCCC(=O)OCC(COCCC(C(=O)[O-])[N+](C)(C)C)OC(=O)CCCCCCCCC/C=C/C/C=C/CCCCCCCCCCC. The molecular weight excluding hydrogens is 871 g/mol. The standard InChI is InChI=1S/C62H105NO7/c1-6-8-10-12-14-16-18-20-22-24-26-28-30-32-34-36-38-40-42-44-46-48-50-52-60(64)69-57-58(56-68-55-54-59(62(66)67)63(3,4)5)70-61(65)53-51-49-47-45-43-41-39-37-35-33-31-29-27-25-23-21-19-17-15-13-11-9-7-2/h8,10,14,16,20,22,26-29,32-35,38,40,58-59H,6-7,9,11-13,15,17-19,21,23-25,30-31,36-37,39,41-57H2,1-5H3/b10-8+,16-14+,22-20+,28-26+,29-27+,34-32+,35-33+,40-38+. The van der Waals surface area contributed by atoms with Gasteiger partial charge in [-0.2, -0.15) is 0 Å². The van der Waals surface area contributed by atoms with E-state index in [2.05, 4.69) is 111 Å². The quantitative estimate of drug-likeness (QED) is 0.0259. The van der Waals surface area contributed by atoms with Gasteiger partial charge in [-0.3, -0.25) is 9.59 Å². The normalized spacial score (nSPS) is 13.6. The Morgan fingerprint density at radius 2 is 0.800 bits per heavy atom. The Bertz CT molecular complexity index is 1460. The predicted molar refractivity (Wildman–Crippen MR) is 295 cm³/mol. The summed E-state index contributed by atoms with van der Waals surface area (Å²) in [6.45, 7) is 4.52. The molecular formula is C62H105NO7. The molecule has 2 unspecified atom stereocenters. The third kappa shape index (κ3) is 49.2. The number of unbranched alkanes of at least 4 members (excludes halogenated alkanes) is 20. The summed E-state index contributed by atoms with van der Waals surface area (Å²) in [7, 11) is 5.40. The number of carbonyl (C=O) groups is 3. The summed E-state index contributed by atoms with van der Waals surface area (Å²) in [5, 5.41) is 11.7. The average Bonchev–Trinajstić information content (AvgIpc) is 3.33. The Hall–Kier alpha value is -3.75. The molecule has 0 radical (unpaired) electrons. The molecule has 8 nitrogen and oxygen atoms in total. The second-order valence-electron chi connectivity index (χ2n) is 19.8. The van der Waals surface area contributed by atoms with Crippen LogP contribution >= 0.6 is 0 Å². The first-order valence-electron chi connectivity index (χ1n) is 28.3. The molecule has 0 aromatic heterocycles. The third-order valence-corrected chi connectivity index (χ3v) is 12.2. The maximum Gasteiger partial charge on any atom is 0.306 e. The molecule has 0 heterocycles. The second kappa shape index (κ2) is 51.6. The van der Waals surface area contributed by atoms with Crippen LogP contribution in [-0.2, 0) is 28.6 Å². The van der Waals surface area contributed by atoms with E-state index in [1.54, 1.807) is 21.1 Å². The Morgan fingerprint density at radius 3 is 1.19 bits per heavy atom. The smallest absolute Gasteiger partial charge is 0.306 e. The number of carboxylic acids is 1. The van der Waals surface area contributed by atoms with E-state index in [-0.39, 0.29) is 42.7 Å². The summed E-state index contributed by atoms with van der Waals surface area (Å²) in [6, 6.07) is -0.738. The molecule has 0 bridgehead atoms. The van der Waals surface area contributed by atoms with Gasteiger partial charge < -0.3 is 28.6 Å². The lowest BCUT2D eigenvalue weighted by Crippen LogP contribution is -2.55. The number of esters is 2. The number of hydrogen-bond acceptors (Lipinski definition) is 7. The monoisotopic (exact) mass is 976 g/mol. The molecule has 2 atom stereocenters. The van der Waals surface area contributed by atoms with Crippen LogP contribution in [0.4, 0.5) is 0 Å². The van der Waals surface area contributed by atoms with Gasteiger partial charge in [-0.15, -0.1) is 0 Å². The summed E-state index contributed by atoms with van der Waals surface area (Å²) in [6.07, 6.45) is 70.2. The van der Waals surface area contributed by atoms with Crippen molar-refractivity contribution in [2.45, 2.75) is 238 Å². The maximum atomic E-state index is 12.8. The van der Waals surface area contributed by atoms with E-state index in [1.807, 2.05) is 0 Å². The van der Waals surface area contributed by atoms with Gasteiger partial charge in [-0.05, 0) is 96.3 Å². The number of hydrogen-bond donors (Lipinski definition) is 0. The van der Waals surface area contributed by atoms with Crippen molar-refractivity contribution in [3.63, 3.8) is 0 Å². The highest BCUT2D eigenvalue weighted by molar-refractivity contribution is 5.70. The first kappa shape index (κ1) is 66.2. The van der Waals surface area contributed by atoms with Gasteiger partial charge in [0, 0.05) is 19.3 Å². The van der Waals surface area contributed by atoms with E-state index in [9.17, 15) is 19.5 Å². The topological polar surface area (TPSA) is 102 Å². The van der Waals surface area contributed by atoms with Crippen molar-refractivity contribution < 1.29 is 38.2 Å². The molecule has 0 fully saturated rings. The molecule has 0 aromatic carbocycles. The van der Waals surface area contributed by atoms with E-state index >= 15 is 0 Å². The minimum atomic E-state index is -1.13. The molecule has 0 aromatic rings. The molecule has 0 N–H and O–H groups in total. The van der Waals surface area contributed by atoms with E-state index in [1.165, 1.54) is 83.5 Å². The van der Waals surface area contributed by atoms with E-state index < -0.39 is 18.1 Å². The zero-order valence-corrected chi connectivity index (χ0v) is 45.7. The van der Waals surface area contributed by atoms with Crippen molar-refractivity contribution in [3.8, 4) is 0 Å². The van der Waals surface area contributed by atoms with Crippen LogP contribution in [-0.4, -0.2) is 75.5 Å². The average molecular weight is 977 g/mol. The lowest BCUT2D eigenvalue weighted by molar-refractivity contribution is -0.889. The number of nitrogens with zero attached hydrogens (tertiary/aromatic N) is 1. The van der Waals surface area contributed by atoms with Crippen molar-refractivity contribution in [2.75, 3.05) is 41.0 Å². The number of quaternary nitrogens is 1. The van der Waals surface area contributed by atoms with Crippen LogP contribution in [0.15, 0.2) is 97.2 Å². The van der Waals surface area contributed by atoms with Gasteiger partial charge in [0.1, 0.15) is 12.6 Å². The first-order chi connectivity index (χ1) is 34.1. The molecule has 0 spiro atoms. The van der Waals surface area contributed by atoms with Crippen LogP contribution in [0.3, 0.4) is 0 Å². The van der Waals surface area contributed by atoms with E-state index in [0.29, 0.717) is 12.8 Å². The second-order valence-corrected chi connectivity index (χ2v) is 19.8. The minimum Gasteiger partial charge on any atom is -0.544 e. The number of ether oxygens (including phenoxy) is 3. The molecule has 8 heteroatoms. The first-order valence-corrected chi connectivity index (χ1v) is 28.3. The predicted octanol–water partition coefficient (Wildman–Crippen LogP) is 15.6. The maximum absolute atomic E-state index is 12.8. The zero-order chi connectivity index (χ0) is 51.3. The summed E-state index contributed by atoms with van der Waals surface area (Å²) < 4.78 is 17.3. The molecule has 0 saturated carbocycles. The van der Waals surface area contributed by atoms with Crippen LogP contribution < -0.4 is 5.11 Å². The zero-order valence-electron chi connectivity index (χ0n) is 45.7. The van der Waals surface area contributed by atoms with Crippen molar-refractivity contribution in [1.29, 1.82) is 0 Å². The van der Waals surface area contributed by atoms with Crippen LogP contribution in [0.25, 0.3) is 0 Å². The number of likely N-dealkylation sites (N-methyl/N-ethyl adjacent to an activating group) is 1. The van der Waals surface area contributed by atoms with Crippen LogP contribution in [0.5, 0.6) is 0 Å².